The Hall–Kier alpha value is -1.75. The van der Waals surface area contributed by atoms with E-state index < -0.39 is 5.91 Å². The van der Waals surface area contributed by atoms with Crippen LogP contribution >= 0.6 is 0 Å². The quantitative estimate of drug-likeness (QED) is 0.363. The van der Waals surface area contributed by atoms with Crippen molar-refractivity contribution in [3.8, 4) is 11.5 Å². The van der Waals surface area contributed by atoms with Crippen LogP contribution in [0, 0.1) is 6.92 Å². The SMILES string of the molecule is Cc1ccc(OCC(=O)NN)cc1O. The molecular weight excluding hydrogens is 184 g/mol. The van der Waals surface area contributed by atoms with Crippen molar-refractivity contribution in [3.05, 3.63) is 23.8 Å². The molecule has 0 atom stereocenters. The number of ether oxygens (including phenoxy) is 1. The van der Waals surface area contributed by atoms with Gasteiger partial charge in [0.2, 0.25) is 0 Å². The van der Waals surface area contributed by atoms with E-state index in [1.54, 1.807) is 19.1 Å². The van der Waals surface area contributed by atoms with Gasteiger partial charge in [-0.2, -0.15) is 0 Å². The van der Waals surface area contributed by atoms with Crippen LogP contribution < -0.4 is 16.0 Å². The number of phenolic OH excluding ortho intramolecular Hbond substituents is 1. The van der Waals surface area contributed by atoms with E-state index in [-0.39, 0.29) is 12.4 Å². The van der Waals surface area contributed by atoms with Crippen LogP contribution in [0.25, 0.3) is 0 Å². The molecule has 0 heterocycles. The van der Waals surface area contributed by atoms with Crippen molar-refractivity contribution in [1.29, 1.82) is 0 Å². The van der Waals surface area contributed by atoms with Gasteiger partial charge in [0.15, 0.2) is 6.61 Å². The predicted octanol–water partition coefficient (Wildman–Crippen LogP) is 0.0693. The van der Waals surface area contributed by atoms with E-state index in [9.17, 15) is 9.90 Å². The average Bonchev–Trinajstić information content (AvgIpc) is 2.19. The minimum Gasteiger partial charge on any atom is -0.508 e. The summed E-state index contributed by atoms with van der Waals surface area (Å²) in [5, 5.41) is 9.32. The summed E-state index contributed by atoms with van der Waals surface area (Å²) in [6, 6.07) is 4.81. The summed E-state index contributed by atoms with van der Waals surface area (Å²) in [5.41, 5.74) is 2.69. The standard InChI is InChI=1S/C9H12N2O3/c1-6-2-3-7(4-8(6)12)14-5-9(13)11-10/h2-4,12H,5,10H2,1H3,(H,11,13). The maximum Gasteiger partial charge on any atom is 0.271 e. The fourth-order valence-corrected chi connectivity index (χ4v) is 0.870. The molecule has 4 N–H and O–H groups in total. The molecule has 1 amide bonds. The molecule has 0 radical (unpaired) electrons. The summed E-state index contributed by atoms with van der Waals surface area (Å²) in [6.07, 6.45) is 0. The Balaban J connectivity index is 2.60. The highest BCUT2D eigenvalue weighted by Crippen LogP contribution is 2.22. The number of benzene rings is 1. The molecule has 0 aliphatic rings. The molecule has 5 nitrogen and oxygen atoms in total. The topological polar surface area (TPSA) is 84.6 Å². The summed E-state index contributed by atoms with van der Waals surface area (Å²) in [7, 11) is 0. The van der Waals surface area contributed by atoms with Gasteiger partial charge in [-0.3, -0.25) is 10.2 Å². The van der Waals surface area contributed by atoms with Gasteiger partial charge in [-0.1, -0.05) is 6.07 Å². The Morgan fingerprint density at radius 1 is 1.64 bits per heavy atom. The van der Waals surface area contributed by atoms with Gasteiger partial charge in [0.05, 0.1) is 0 Å². The average molecular weight is 196 g/mol. The zero-order chi connectivity index (χ0) is 10.6. The fraction of sp³-hybridized carbons (Fsp3) is 0.222. The number of rotatable bonds is 3. The summed E-state index contributed by atoms with van der Waals surface area (Å²) in [5.74, 6) is 5.00. The first-order valence-electron chi connectivity index (χ1n) is 4.05. The van der Waals surface area contributed by atoms with Crippen LogP contribution in [0.4, 0.5) is 0 Å². The molecule has 1 aromatic carbocycles. The first-order chi connectivity index (χ1) is 6.63. The third kappa shape index (κ3) is 2.63. The lowest BCUT2D eigenvalue weighted by molar-refractivity contribution is -0.123. The normalized spacial score (nSPS) is 9.57. The number of carbonyl (C=O) groups is 1. The molecule has 1 rings (SSSR count). The zero-order valence-electron chi connectivity index (χ0n) is 7.78. The third-order valence-electron chi connectivity index (χ3n) is 1.71. The van der Waals surface area contributed by atoms with E-state index in [1.165, 1.54) is 6.07 Å². The Bertz CT molecular complexity index is 339. The second-order valence-electron chi connectivity index (χ2n) is 2.80. The Kier molecular flexibility index (Phi) is 3.30. The van der Waals surface area contributed by atoms with E-state index in [1.807, 2.05) is 5.43 Å². The Morgan fingerprint density at radius 2 is 2.36 bits per heavy atom. The summed E-state index contributed by atoms with van der Waals surface area (Å²) >= 11 is 0. The lowest BCUT2D eigenvalue weighted by atomic mass is 10.2. The van der Waals surface area contributed by atoms with Gasteiger partial charge in [-0.15, -0.1) is 0 Å². The minimum atomic E-state index is -0.426. The molecule has 0 aliphatic carbocycles. The predicted molar refractivity (Wildman–Crippen MR) is 50.7 cm³/mol. The van der Waals surface area contributed by atoms with Gasteiger partial charge >= 0.3 is 0 Å². The fourth-order valence-electron chi connectivity index (χ4n) is 0.870. The molecule has 0 aromatic heterocycles. The third-order valence-corrected chi connectivity index (χ3v) is 1.71. The second-order valence-corrected chi connectivity index (χ2v) is 2.80. The number of hydrazine groups is 1. The summed E-state index contributed by atoms with van der Waals surface area (Å²) in [4.78, 5) is 10.7. The molecule has 14 heavy (non-hydrogen) atoms. The molecule has 1 aromatic rings. The number of amides is 1. The van der Waals surface area contributed by atoms with Crippen molar-refractivity contribution >= 4 is 5.91 Å². The van der Waals surface area contributed by atoms with E-state index in [0.29, 0.717) is 5.75 Å². The number of nitrogens with one attached hydrogen (secondary N) is 1. The maximum absolute atomic E-state index is 10.7. The van der Waals surface area contributed by atoms with E-state index in [0.717, 1.165) is 5.56 Å². The van der Waals surface area contributed by atoms with E-state index in [4.69, 9.17) is 10.6 Å². The van der Waals surface area contributed by atoms with Crippen molar-refractivity contribution in [3.63, 3.8) is 0 Å². The van der Waals surface area contributed by atoms with Crippen LogP contribution in [-0.2, 0) is 4.79 Å². The lowest BCUT2D eigenvalue weighted by Gasteiger charge is -2.06. The highest BCUT2D eigenvalue weighted by atomic mass is 16.5. The van der Waals surface area contributed by atoms with Gasteiger partial charge in [0, 0.05) is 6.07 Å². The number of carbonyl (C=O) groups excluding carboxylic acids is 1. The zero-order valence-corrected chi connectivity index (χ0v) is 7.78. The second kappa shape index (κ2) is 4.48. The van der Waals surface area contributed by atoms with Crippen molar-refractivity contribution in [1.82, 2.24) is 5.43 Å². The molecule has 0 saturated heterocycles. The van der Waals surface area contributed by atoms with Gasteiger partial charge in [0.1, 0.15) is 11.5 Å². The van der Waals surface area contributed by atoms with Crippen LogP contribution in [0.2, 0.25) is 0 Å². The molecule has 0 fully saturated rings. The number of phenols is 1. The highest BCUT2D eigenvalue weighted by molar-refractivity contribution is 5.76. The molecule has 0 spiro atoms. The van der Waals surface area contributed by atoms with Crippen LogP contribution in [0.5, 0.6) is 11.5 Å². The van der Waals surface area contributed by atoms with E-state index in [2.05, 4.69) is 0 Å². The number of hydrogen-bond acceptors (Lipinski definition) is 4. The molecule has 0 bridgehead atoms. The number of hydrogen-bond donors (Lipinski definition) is 3. The molecule has 0 aliphatic heterocycles. The number of aryl methyl sites for hydroxylation is 1. The van der Waals surface area contributed by atoms with Crippen LogP contribution in [0.3, 0.4) is 0 Å². The highest BCUT2D eigenvalue weighted by Gasteiger charge is 2.02. The summed E-state index contributed by atoms with van der Waals surface area (Å²) < 4.78 is 5.04. The van der Waals surface area contributed by atoms with Crippen molar-refractivity contribution in [2.45, 2.75) is 6.92 Å². The molecular formula is C9H12N2O3. The van der Waals surface area contributed by atoms with Crippen LogP contribution in [-0.4, -0.2) is 17.6 Å². The summed E-state index contributed by atoms with van der Waals surface area (Å²) in [6.45, 7) is 1.60. The van der Waals surface area contributed by atoms with Crippen LogP contribution in [0.15, 0.2) is 18.2 Å². The maximum atomic E-state index is 10.7. The van der Waals surface area contributed by atoms with Gasteiger partial charge in [0.25, 0.3) is 5.91 Å². The smallest absolute Gasteiger partial charge is 0.271 e. The minimum absolute atomic E-state index is 0.135. The van der Waals surface area contributed by atoms with Crippen molar-refractivity contribution in [2.75, 3.05) is 6.61 Å². The largest absolute Gasteiger partial charge is 0.508 e. The van der Waals surface area contributed by atoms with Crippen LogP contribution in [0.1, 0.15) is 5.56 Å². The van der Waals surface area contributed by atoms with Gasteiger partial charge < -0.3 is 9.84 Å². The number of nitrogens with two attached hydrogens (primary N) is 1. The molecule has 76 valence electrons. The monoisotopic (exact) mass is 196 g/mol. The molecule has 0 saturated carbocycles. The first kappa shape index (κ1) is 10.3. The van der Waals surface area contributed by atoms with Gasteiger partial charge in [-0.05, 0) is 18.6 Å². The van der Waals surface area contributed by atoms with Crippen molar-refractivity contribution < 1.29 is 14.6 Å². The molecule has 0 unspecified atom stereocenters. The first-order valence-corrected chi connectivity index (χ1v) is 4.05. The Morgan fingerprint density at radius 3 is 2.93 bits per heavy atom. The molecule has 5 heteroatoms. The number of aromatic hydroxyl groups is 1. The van der Waals surface area contributed by atoms with E-state index >= 15 is 0 Å². The van der Waals surface area contributed by atoms with Gasteiger partial charge in [-0.25, -0.2) is 5.84 Å². The van der Waals surface area contributed by atoms with Crippen molar-refractivity contribution in [2.24, 2.45) is 5.84 Å². The Labute approximate surface area is 81.5 Å². The lowest BCUT2D eigenvalue weighted by Crippen LogP contribution is -2.34.